The van der Waals surface area contributed by atoms with Crippen LogP contribution in [0.3, 0.4) is 0 Å². The lowest BCUT2D eigenvalue weighted by molar-refractivity contribution is -0.141. The number of nitrogens with one attached hydrogen (secondary N) is 3. The van der Waals surface area contributed by atoms with Gasteiger partial charge in [0.1, 0.15) is 17.6 Å². The summed E-state index contributed by atoms with van der Waals surface area (Å²) in [6.45, 7) is -0.0985. The number of alkyl halides is 1. The Morgan fingerprint density at radius 3 is 2.55 bits per heavy atom. The fraction of sp³-hybridized carbons (Fsp3) is 0.478. The minimum atomic E-state index is -0.855. The van der Waals surface area contributed by atoms with Gasteiger partial charge in [0.25, 0.3) is 17.7 Å². The molecular weight excluding hydrogens is 446 g/mol. The third-order valence-electron chi connectivity index (χ3n) is 5.93. The van der Waals surface area contributed by atoms with Crippen LogP contribution in [0.25, 0.3) is 10.9 Å². The van der Waals surface area contributed by atoms with Crippen molar-refractivity contribution >= 4 is 46.1 Å². The third kappa shape index (κ3) is 6.95. The van der Waals surface area contributed by atoms with Crippen LogP contribution >= 0.6 is 11.6 Å². The minimum absolute atomic E-state index is 0.0985. The first kappa shape index (κ1) is 24.6. The van der Waals surface area contributed by atoms with Gasteiger partial charge in [0.15, 0.2) is 0 Å². The number of carbonyl (C=O) groups is 4. The first-order valence-corrected chi connectivity index (χ1v) is 11.7. The summed E-state index contributed by atoms with van der Waals surface area (Å²) in [6.07, 6.45) is 5.64. The van der Waals surface area contributed by atoms with Crippen LogP contribution in [0.4, 0.5) is 0 Å². The highest BCUT2D eigenvalue weighted by Gasteiger charge is 2.29. The van der Waals surface area contributed by atoms with E-state index < -0.39 is 29.7 Å². The Hall–Kier alpha value is -3.07. The van der Waals surface area contributed by atoms with Gasteiger partial charge < -0.3 is 16.0 Å². The van der Waals surface area contributed by atoms with Crippen LogP contribution in [0.15, 0.2) is 30.3 Å². The van der Waals surface area contributed by atoms with Crippen molar-refractivity contribution in [3.05, 3.63) is 36.0 Å². The summed E-state index contributed by atoms with van der Waals surface area (Å²) < 4.78 is 0. The molecule has 10 heteroatoms. The molecule has 1 aliphatic rings. The second kappa shape index (κ2) is 11.7. The van der Waals surface area contributed by atoms with Crippen molar-refractivity contribution in [3.63, 3.8) is 0 Å². The number of benzene rings is 1. The first-order chi connectivity index (χ1) is 15.9. The number of para-hydroxylation sites is 1. The van der Waals surface area contributed by atoms with E-state index in [1.54, 1.807) is 6.07 Å². The Morgan fingerprint density at radius 2 is 1.88 bits per heavy atom. The number of carbonyl (C=O) groups excluding carboxylic acids is 4. The van der Waals surface area contributed by atoms with Gasteiger partial charge in [-0.25, -0.2) is 0 Å². The molecule has 9 nitrogen and oxygen atoms in total. The number of aromatic nitrogens is 1. The number of primary amides is 1. The highest BCUT2D eigenvalue weighted by atomic mass is 35.5. The molecule has 1 heterocycles. The summed E-state index contributed by atoms with van der Waals surface area (Å²) in [7, 11) is 0. The van der Waals surface area contributed by atoms with Crippen molar-refractivity contribution in [1.82, 2.24) is 20.7 Å². The standard InChI is InChI=1S/C23H30ClN5O4/c24-14-21(31)29(11-10-20(25)30)28-23(33)18(12-15-6-2-1-3-7-15)27-22(32)19-13-16-8-4-5-9-17(16)26-19/h4-5,8-9,13,15,18,26H,1-3,6-7,10-12,14H2,(H2,25,30)(H,27,32)(H,28,33). The summed E-state index contributed by atoms with van der Waals surface area (Å²) in [6, 6.07) is 8.39. The van der Waals surface area contributed by atoms with Crippen molar-refractivity contribution in [2.24, 2.45) is 11.7 Å². The number of nitrogens with two attached hydrogens (primary N) is 1. The fourth-order valence-electron chi connectivity index (χ4n) is 4.17. The Morgan fingerprint density at radius 1 is 1.15 bits per heavy atom. The van der Waals surface area contributed by atoms with Crippen LogP contribution in [0, 0.1) is 5.92 Å². The summed E-state index contributed by atoms with van der Waals surface area (Å²) in [4.78, 5) is 52.5. The fourth-order valence-corrected chi connectivity index (χ4v) is 4.31. The predicted molar refractivity (Wildman–Crippen MR) is 125 cm³/mol. The van der Waals surface area contributed by atoms with E-state index in [0.29, 0.717) is 18.0 Å². The van der Waals surface area contributed by atoms with Crippen LogP contribution in [-0.2, 0) is 14.4 Å². The maximum Gasteiger partial charge on any atom is 0.268 e. The molecule has 178 valence electrons. The number of amides is 4. The molecule has 4 amide bonds. The number of nitrogens with zero attached hydrogens (tertiary/aromatic N) is 1. The summed E-state index contributed by atoms with van der Waals surface area (Å²) in [5.74, 6) is -2.19. The smallest absolute Gasteiger partial charge is 0.268 e. The average Bonchev–Trinajstić information content (AvgIpc) is 3.25. The third-order valence-corrected chi connectivity index (χ3v) is 6.16. The quantitative estimate of drug-likeness (QED) is 0.326. The van der Waals surface area contributed by atoms with Gasteiger partial charge in [-0.05, 0) is 24.5 Å². The van der Waals surface area contributed by atoms with E-state index in [9.17, 15) is 19.2 Å². The summed E-state index contributed by atoms with van der Waals surface area (Å²) in [5, 5.41) is 4.70. The molecule has 0 bridgehead atoms. The monoisotopic (exact) mass is 475 g/mol. The van der Waals surface area contributed by atoms with E-state index in [1.165, 1.54) is 6.42 Å². The molecule has 1 fully saturated rings. The lowest BCUT2D eigenvalue weighted by Gasteiger charge is -2.29. The lowest BCUT2D eigenvalue weighted by Crippen LogP contribution is -2.55. The number of fused-ring (bicyclic) bond motifs is 1. The Labute approximate surface area is 197 Å². The van der Waals surface area contributed by atoms with E-state index in [1.807, 2.05) is 24.3 Å². The van der Waals surface area contributed by atoms with E-state index in [-0.39, 0.29) is 18.8 Å². The van der Waals surface area contributed by atoms with Gasteiger partial charge in [0.05, 0.1) is 6.54 Å². The number of hydrogen-bond donors (Lipinski definition) is 4. The zero-order chi connectivity index (χ0) is 23.8. The first-order valence-electron chi connectivity index (χ1n) is 11.2. The zero-order valence-corrected chi connectivity index (χ0v) is 19.2. The van der Waals surface area contributed by atoms with Crippen LogP contribution < -0.4 is 16.5 Å². The van der Waals surface area contributed by atoms with Gasteiger partial charge >= 0.3 is 0 Å². The van der Waals surface area contributed by atoms with Gasteiger partial charge in [-0.1, -0.05) is 50.3 Å². The number of rotatable bonds is 9. The van der Waals surface area contributed by atoms with Crippen LogP contribution in [0.5, 0.6) is 0 Å². The van der Waals surface area contributed by atoms with Crippen molar-refractivity contribution < 1.29 is 19.2 Å². The van der Waals surface area contributed by atoms with E-state index in [4.69, 9.17) is 17.3 Å². The highest BCUT2D eigenvalue weighted by molar-refractivity contribution is 6.27. The minimum Gasteiger partial charge on any atom is -0.370 e. The Kier molecular flexibility index (Phi) is 8.71. The summed E-state index contributed by atoms with van der Waals surface area (Å²) >= 11 is 5.65. The molecule has 0 aliphatic heterocycles. The SMILES string of the molecule is NC(=O)CCN(NC(=O)C(CC1CCCCC1)NC(=O)c1cc2ccccc2[nH]1)C(=O)CCl. The van der Waals surface area contributed by atoms with Crippen LogP contribution in [0.2, 0.25) is 0 Å². The molecule has 1 atom stereocenters. The van der Waals surface area contributed by atoms with Gasteiger partial charge in [0.2, 0.25) is 5.91 Å². The topological polar surface area (TPSA) is 137 Å². The molecule has 33 heavy (non-hydrogen) atoms. The van der Waals surface area contributed by atoms with Gasteiger partial charge in [-0.3, -0.25) is 29.6 Å². The van der Waals surface area contributed by atoms with Crippen molar-refractivity contribution in [2.75, 3.05) is 12.4 Å². The summed E-state index contributed by atoms with van der Waals surface area (Å²) in [5.41, 5.74) is 8.87. The predicted octanol–water partition coefficient (Wildman–Crippen LogP) is 2.21. The number of H-pyrrole nitrogens is 1. The molecule has 3 rings (SSSR count). The molecule has 1 saturated carbocycles. The Balaban J connectivity index is 1.75. The molecule has 1 aromatic carbocycles. The molecule has 0 saturated heterocycles. The molecule has 1 unspecified atom stereocenters. The number of hydrazine groups is 1. The van der Waals surface area contributed by atoms with Crippen LogP contribution in [-0.4, -0.2) is 52.1 Å². The maximum absolute atomic E-state index is 13.1. The van der Waals surface area contributed by atoms with E-state index in [0.717, 1.165) is 41.6 Å². The molecule has 0 spiro atoms. The van der Waals surface area contributed by atoms with Gasteiger partial charge in [0, 0.05) is 17.3 Å². The lowest BCUT2D eigenvalue weighted by atomic mass is 9.84. The highest BCUT2D eigenvalue weighted by Crippen LogP contribution is 2.27. The number of hydrogen-bond acceptors (Lipinski definition) is 4. The maximum atomic E-state index is 13.1. The largest absolute Gasteiger partial charge is 0.370 e. The van der Waals surface area contributed by atoms with Gasteiger partial charge in [-0.15, -0.1) is 11.6 Å². The van der Waals surface area contributed by atoms with Crippen molar-refractivity contribution in [3.8, 4) is 0 Å². The second-order valence-electron chi connectivity index (χ2n) is 8.41. The molecule has 0 radical (unpaired) electrons. The Bertz CT molecular complexity index is 969. The molecule has 1 aromatic heterocycles. The molecule has 5 N–H and O–H groups in total. The van der Waals surface area contributed by atoms with E-state index in [2.05, 4.69) is 15.7 Å². The number of halogens is 1. The normalized spacial score (nSPS) is 15.1. The van der Waals surface area contributed by atoms with Gasteiger partial charge in [-0.2, -0.15) is 0 Å². The van der Waals surface area contributed by atoms with Crippen molar-refractivity contribution in [2.45, 2.75) is 51.0 Å². The molecule has 1 aliphatic carbocycles. The van der Waals surface area contributed by atoms with Crippen LogP contribution in [0.1, 0.15) is 55.4 Å². The second-order valence-corrected chi connectivity index (χ2v) is 8.67. The number of aromatic amines is 1. The molecular formula is C23H30ClN5O4. The van der Waals surface area contributed by atoms with Crippen molar-refractivity contribution in [1.29, 1.82) is 0 Å². The zero-order valence-electron chi connectivity index (χ0n) is 18.4. The van der Waals surface area contributed by atoms with E-state index >= 15 is 0 Å². The molecule has 2 aromatic rings. The average molecular weight is 476 g/mol.